The third-order valence-corrected chi connectivity index (χ3v) is 7.80. The Bertz CT molecular complexity index is 908. The van der Waals surface area contributed by atoms with E-state index in [4.69, 9.17) is 0 Å². The number of amides is 2. The number of aromatic nitrogens is 1. The van der Waals surface area contributed by atoms with Crippen LogP contribution in [-0.4, -0.2) is 34.1 Å². The average molecular weight is 394 g/mol. The number of rotatable bonds is 2. The molecular formula is C25H35N3O. The Kier molecular flexibility index (Phi) is 4.84. The van der Waals surface area contributed by atoms with Crippen molar-refractivity contribution < 1.29 is 4.79 Å². The third-order valence-electron chi connectivity index (χ3n) is 7.80. The van der Waals surface area contributed by atoms with Gasteiger partial charge in [0.25, 0.3) is 0 Å². The van der Waals surface area contributed by atoms with E-state index >= 15 is 0 Å². The number of likely N-dealkylation sites (tertiary alicyclic amines) is 1. The molecule has 2 fully saturated rings. The Labute approximate surface area is 174 Å². The molecule has 1 aromatic carbocycles. The van der Waals surface area contributed by atoms with Crippen molar-refractivity contribution in [2.45, 2.75) is 76.8 Å². The van der Waals surface area contributed by atoms with Gasteiger partial charge < -0.3 is 14.8 Å². The lowest BCUT2D eigenvalue weighted by molar-refractivity contribution is 0.0713. The fourth-order valence-corrected chi connectivity index (χ4v) is 6.52. The number of fused-ring (bicyclic) bond motifs is 2. The van der Waals surface area contributed by atoms with Crippen LogP contribution in [0.4, 0.5) is 4.79 Å². The first kappa shape index (κ1) is 19.0. The number of urea groups is 1. The van der Waals surface area contributed by atoms with Gasteiger partial charge in [-0.25, -0.2) is 4.79 Å². The smallest absolute Gasteiger partial charge is 0.317 e. The maximum absolute atomic E-state index is 13.3. The van der Waals surface area contributed by atoms with Gasteiger partial charge in [0.15, 0.2) is 0 Å². The predicted molar refractivity (Wildman–Crippen MR) is 118 cm³/mol. The summed E-state index contributed by atoms with van der Waals surface area (Å²) in [4.78, 5) is 15.5. The van der Waals surface area contributed by atoms with Gasteiger partial charge in [-0.1, -0.05) is 44.2 Å². The SMILES string of the molecule is CC(C)NC(=O)N1CC(C2CCCCC2)C[C@@H]2c3cccc4c3c(cn4C)C[C@H]21. The number of carbonyl (C=O) groups is 1. The molecule has 2 aliphatic carbocycles. The highest BCUT2D eigenvalue weighted by Gasteiger charge is 2.44. The summed E-state index contributed by atoms with van der Waals surface area (Å²) in [6, 6.07) is 7.40. The fourth-order valence-electron chi connectivity index (χ4n) is 6.52. The molecule has 2 aromatic rings. The largest absolute Gasteiger partial charge is 0.350 e. The van der Waals surface area contributed by atoms with Crippen LogP contribution in [0.1, 0.15) is 69.4 Å². The molecule has 4 heteroatoms. The van der Waals surface area contributed by atoms with Crippen molar-refractivity contribution in [3.63, 3.8) is 0 Å². The quantitative estimate of drug-likeness (QED) is 0.747. The lowest BCUT2D eigenvalue weighted by atomic mass is 9.67. The van der Waals surface area contributed by atoms with E-state index in [9.17, 15) is 4.79 Å². The molecule has 0 radical (unpaired) electrons. The molecule has 1 aliphatic heterocycles. The Morgan fingerprint density at radius 2 is 1.93 bits per heavy atom. The van der Waals surface area contributed by atoms with Crippen molar-refractivity contribution in [1.29, 1.82) is 0 Å². The van der Waals surface area contributed by atoms with Crippen LogP contribution in [0.2, 0.25) is 0 Å². The minimum absolute atomic E-state index is 0.141. The van der Waals surface area contributed by atoms with Crippen molar-refractivity contribution in [3.05, 3.63) is 35.5 Å². The number of aryl methyl sites for hydroxylation is 1. The van der Waals surface area contributed by atoms with Gasteiger partial charge in [0.05, 0.1) is 0 Å². The van der Waals surface area contributed by atoms with E-state index in [-0.39, 0.29) is 18.1 Å². The van der Waals surface area contributed by atoms with Gasteiger partial charge in [0, 0.05) is 48.7 Å². The van der Waals surface area contributed by atoms with Crippen molar-refractivity contribution in [2.24, 2.45) is 18.9 Å². The minimum Gasteiger partial charge on any atom is -0.350 e. The molecule has 1 N–H and O–H groups in total. The first-order valence-electron chi connectivity index (χ1n) is 11.7. The zero-order chi connectivity index (χ0) is 20.1. The van der Waals surface area contributed by atoms with Gasteiger partial charge in [-0.15, -0.1) is 0 Å². The summed E-state index contributed by atoms with van der Waals surface area (Å²) in [5.74, 6) is 1.89. The highest BCUT2D eigenvalue weighted by atomic mass is 16.2. The van der Waals surface area contributed by atoms with E-state index in [0.29, 0.717) is 11.8 Å². The molecule has 29 heavy (non-hydrogen) atoms. The second-order valence-electron chi connectivity index (χ2n) is 10.0. The number of piperidine rings is 1. The van der Waals surface area contributed by atoms with Gasteiger partial charge in [-0.05, 0) is 55.7 Å². The monoisotopic (exact) mass is 393 g/mol. The van der Waals surface area contributed by atoms with Crippen LogP contribution in [0.25, 0.3) is 10.9 Å². The van der Waals surface area contributed by atoms with Crippen LogP contribution in [0.3, 0.4) is 0 Å². The standard InChI is InChI=1S/C25H35N3O/c1-16(2)26-25(29)28-15-18(17-8-5-4-6-9-17)12-21-20-10-7-11-22-24(20)19(13-23(21)28)14-27(22)3/h7,10-11,14,16-18,21,23H,4-6,8-9,12-13,15H2,1-3H3,(H,26,29)/t18?,21-,23-/m1/s1. The van der Waals surface area contributed by atoms with Crippen LogP contribution in [0.5, 0.6) is 0 Å². The van der Waals surface area contributed by atoms with E-state index in [2.05, 4.69) is 60.1 Å². The number of nitrogens with zero attached hydrogens (tertiary/aromatic N) is 2. The van der Waals surface area contributed by atoms with Crippen LogP contribution < -0.4 is 5.32 Å². The van der Waals surface area contributed by atoms with E-state index in [0.717, 1.165) is 18.9 Å². The molecule has 1 unspecified atom stereocenters. The summed E-state index contributed by atoms with van der Waals surface area (Å²) in [5, 5.41) is 4.67. The Hall–Kier alpha value is -1.97. The molecule has 2 heterocycles. The van der Waals surface area contributed by atoms with Gasteiger partial charge in [-0.2, -0.15) is 0 Å². The highest BCUT2D eigenvalue weighted by Crippen LogP contribution is 2.48. The zero-order valence-electron chi connectivity index (χ0n) is 18.2. The summed E-state index contributed by atoms with van der Waals surface area (Å²) >= 11 is 0. The lowest BCUT2D eigenvalue weighted by Gasteiger charge is -2.49. The molecule has 3 atom stereocenters. The maximum atomic E-state index is 13.3. The molecule has 2 amide bonds. The molecule has 1 saturated carbocycles. The molecule has 1 saturated heterocycles. The number of carbonyl (C=O) groups excluding carboxylic acids is 1. The van der Waals surface area contributed by atoms with Crippen molar-refractivity contribution in [2.75, 3.05) is 6.54 Å². The first-order valence-corrected chi connectivity index (χ1v) is 11.7. The summed E-state index contributed by atoms with van der Waals surface area (Å²) in [7, 11) is 2.15. The van der Waals surface area contributed by atoms with Crippen molar-refractivity contribution >= 4 is 16.9 Å². The average Bonchev–Trinajstić information content (AvgIpc) is 3.04. The Morgan fingerprint density at radius 3 is 2.69 bits per heavy atom. The van der Waals surface area contributed by atoms with Crippen LogP contribution in [0, 0.1) is 11.8 Å². The maximum Gasteiger partial charge on any atom is 0.317 e. The summed E-state index contributed by atoms with van der Waals surface area (Å²) in [5.41, 5.74) is 4.24. The molecule has 156 valence electrons. The third kappa shape index (κ3) is 3.25. The normalized spacial score (nSPS) is 27.3. The minimum atomic E-state index is 0.141. The van der Waals surface area contributed by atoms with Crippen LogP contribution >= 0.6 is 0 Å². The summed E-state index contributed by atoms with van der Waals surface area (Å²) < 4.78 is 2.27. The van der Waals surface area contributed by atoms with E-state index in [1.54, 1.807) is 0 Å². The topological polar surface area (TPSA) is 37.3 Å². The molecule has 0 spiro atoms. The highest BCUT2D eigenvalue weighted by molar-refractivity contribution is 5.89. The second-order valence-corrected chi connectivity index (χ2v) is 10.0. The Balaban J connectivity index is 1.54. The Morgan fingerprint density at radius 1 is 1.14 bits per heavy atom. The molecule has 5 rings (SSSR count). The lowest BCUT2D eigenvalue weighted by Crippen LogP contribution is -2.57. The molecule has 0 bridgehead atoms. The number of hydrogen-bond donors (Lipinski definition) is 1. The van der Waals surface area contributed by atoms with Crippen LogP contribution in [-0.2, 0) is 13.5 Å². The number of nitrogens with one attached hydrogen (secondary N) is 1. The van der Waals surface area contributed by atoms with Crippen LogP contribution in [0.15, 0.2) is 24.4 Å². The summed E-state index contributed by atoms with van der Waals surface area (Å²) in [6.07, 6.45) is 11.3. The second kappa shape index (κ2) is 7.37. The van der Waals surface area contributed by atoms with Crippen molar-refractivity contribution in [1.82, 2.24) is 14.8 Å². The zero-order valence-corrected chi connectivity index (χ0v) is 18.2. The van der Waals surface area contributed by atoms with Gasteiger partial charge >= 0.3 is 6.03 Å². The molecule has 3 aliphatic rings. The van der Waals surface area contributed by atoms with Gasteiger partial charge in [-0.3, -0.25) is 0 Å². The fraction of sp³-hybridized carbons (Fsp3) is 0.640. The number of hydrogen-bond acceptors (Lipinski definition) is 1. The molecule has 1 aromatic heterocycles. The molecular weight excluding hydrogens is 358 g/mol. The van der Waals surface area contributed by atoms with E-state index in [1.807, 2.05) is 0 Å². The number of benzene rings is 1. The van der Waals surface area contributed by atoms with E-state index < -0.39 is 0 Å². The van der Waals surface area contributed by atoms with Gasteiger partial charge in [0.1, 0.15) is 0 Å². The van der Waals surface area contributed by atoms with E-state index in [1.165, 1.54) is 60.6 Å². The first-order chi connectivity index (χ1) is 14.0. The molecule has 4 nitrogen and oxygen atoms in total. The predicted octanol–water partition coefficient (Wildman–Crippen LogP) is 5.21. The van der Waals surface area contributed by atoms with Gasteiger partial charge in [0.2, 0.25) is 0 Å². The van der Waals surface area contributed by atoms with Crippen molar-refractivity contribution in [3.8, 4) is 0 Å². The summed E-state index contributed by atoms with van der Waals surface area (Å²) in [6.45, 7) is 5.06.